The van der Waals surface area contributed by atoms with E-state index in [1.807, 2.05) is 20.8 Å². The minimum absolute atomic E-state index is 0.0845. The highest BCUT2D eigenvalue weighted by atomic mass is 32.1. The van der Waals surface area contributed by atoms with Crippen LogP contribution in [0.15, 0.2) is 12.4 Å². The van der Waals surface area contributed by atoms with Crippen LogP contribution >= 0.6 is 11.3 Å². The Labute approximate surface area is 104 Å². The molecule has 0 aliphatic heterocycles. The average Bonchev–Trinajstić information content (AvgIpc) is 2.58. The van der Waals surface area contributed by atoms with E-state index in [2.05, 4.69) is 15.0 Å². The summed E-state index contributed by atoms with van der Waals surface area (Å²) in [5, 5.41) is 0.828. The van der Waals surface area contributed by atoms with Gasteiger partial charge in [-0.15, -0.1) is 11.3 Å². The Bertz CT molecular complexity index is 526. The highest BCUT2D eigenvalue weighted by molar-refractivity contribution is 7.11. The van der Waals surface area contributed by atoms with Crippen molar-refractivity contribution in [3.63, 3.8) is 0 Å². The largest absolute Gasteiger partial charge is 0.290 e. The van der Waals surface area contributed by atoms with E-state index in [0.717, 1.165) is 21.1 Å². The maximum absolute atomic E-state index is 11.9. The smallest absolute Gasteiger partial charge is 0.206 e. The van der Waals surface area contributed by atoms with Gasteiger partial charge in [-0.3, -0.25) is 4.79 Å². The molecule has 0 unspecified atom stereocenters. The third-order valence-electron chi connectivity index (χ3n) is 2.41. The molecule has 0 atom stereocenters. The lowest BCUT2D eigenvalue weighted by Crippen LogP contribution is -2.08. The van der Waals surface area contributed by atoms with Crippen LogP contribution in [0.3, 0.4) is 0 Å². The highest BCUT2D eigenvalue weighted by Gasteiger charge is 2.13. The predicted molar refractivity (Wildman–Crippen MR) is 66.4 cm³/mol. The Morgan fingerprint density at radius 1 is 1.24 bits per heavy atom. The number of aryl methyl sites for hydroxylation is 3. The van der Waals surface area contributed by atoms with Gasteiger partial charge in [0.25, 0.3) is 0 Å². The van der Waals surface area contributed by atoms with Crippen molar-refractivity contribution in [2.45, 2.75) is 27.2 Å². The van der Waals surface area contributed by atoms with Crippen LogP contribution in [0.1, 0.15) is 31.8 Å². The molecule has 0 aromatic carbocycles. The topological polar surface area (TPSA) is 55.7 Å². The zero-order valence-electron chi connectivity index (χ0n) is 10.0. The van der Waals surface area contributed by atoms with E-state index < -0.39 is 0 Å². The van der Waals surface area contributed by atoms with Gasteiger partial charge in [0, 0.05) is 17.3 Å². The number of carbonyl (C=O) groups excluding carboxylic acids is 1. The third kappa shape index (κ3) is 2.74. The fourth-order valence-electron chi connectivity index (χ4n) is 1.37. The van der Waals surface area contributed by atoms with Crippen molar-refractivity contribution in [1.29, 1.82) is 0 Å². The lowest BCUT2D eigenvalue weighted by Gasteiger charge is -1.97. The molecule has 0 amide bonds. The SMILES string of the molecule is Cc1cnc(C(=O)Cc2nc(C)c(C)s2)nc1. The standard InChI is InChI=1S/C12H13N3OS/c1-7-5-13-12(14-6-7)10(16)4-11-15-8(2)9(3)17-11/h5-6H,4H2,1-3H3. The quantitative estimate of drug-likeness (QED) is 0.781. The fourth-order valence-corrected chi connectivity index (χ4v) is 2.30. The minimum atomic E-state index is -0.0845. The van der Waals surface area contributed by atoms with Crippen LogP contribution in [0.25, 0.3) is 0 Å². The Morgan fingerprint density at radius 2 is 1.88 bits per heavy atom. The van der Waals surface area contributed by atoms with E-state index in [1.54, 1.807) is 23.7 Å². The van der Waals surface area contributed by atoms with Crippen molar-refractivity contribution < 1.29 is 4.79 Å². The summed E-state index contributed by atoms with van der Waals surface area (Å²) >= 11 is 1.55. The lowest BCUT2D eigenvalue weighted by molar-refractivity contribution is 0.0983. The minimum Gasteiger partial charge on any atom is -0.290 e. The first-order chi connectivity index (χ1) is 8.06. The first-order valence-electron chi connectivity index (χ1n) is 5.31. The van der Waals surface area contributed by atoms with E-state index in [0.29, 0.717) is 0 Å². The van der Waals surface area contributed by atoms with Crippen LogP contribution in [-0.2, 0) is 6.42 Å². The van der Waals surface area contributed by atoms with E-state index in [1.165, 1.54) is 0 Å². The van der Waals surface area contributed by atoms with Crippen molar-refractivity contribution in [3.8, 4) is 0 Å². The van der Waals surface area contributed by atoms with Crippen LogP contribution in [0.5, 0.6) is 0 Å². The number of hydrogen-bond acceptors (Lipinski definition) is 5. The molecule has 0 aliphatic rings. The molecule has 0 N–H and O–H groups in total. The molecule has 5 heteroatoms. The van der Waals surface area contributed by atoms with Gasteiger partial charge in [-0.05, 0) is 26.3 Å². The zero-order valence-corrected chi connectivity index (χ0v) is 10.8. The van der Waals surface area contributed by atoms with Crippen molar-refractivity contribution >= 4 is 17.1 Å². The molecule has 2 aromatic rings. The second-order valence-corrected chi connectivity index (χ2v) is 5.22. The lowest BCUT2D eigenvalue weighted by atomic mass is 10.2. The molecular formula is C12H13N3OS. The molecule has 0 aliphatic carbocycles. The van der Waals surface area contributed by atoms with Crippen LogP contribution in [-0.4, -0.2) is 20.7 Å². The van der Waals surface area contributed by atoms with E-state index >= 15 is 0 Å². The predicted octanol–water partition coefficient (Wildman–Crippen LogP) is 2.28. The third-order valence-corrected chi connectivity index (χ3v) is 3.49. The summed E-state index contributed by atoms with van der Waals surface area (Å²) in [6.07, 6.45) is 3.58. The monoisotopic (exact) mass is 247 g/mol. The van der Waals surface area contributed by atoms with Gasteiger partial charge in [-0.1, -0.05) is 0 Å². The maximum Gasteiger partial charge on any atom is 0.206 e. The molecule has 17 heavy (non-hydrogen) atoms. The van der Waals surface area contributed by atoms with Gasteiger partial charge < -0.3 is 0 Å². The second kappa shape index (κ2) is 4.71. The number of carbonyl (C=O) groups is 1. The average molecular weight is 247 g/mol. The molecule has 4 nitrogen and oxygen atoms in total. The number of thiazole rings is 1. The summed E-state index contributed by atoms with van der Waals surface area (Å²) < 4.78 is 0. The molecule has 0 fully saturated rings. The molecule has 0 bridgehead atoms. The van der Waals surface area contributed by atoms with Crippen molar-refractivity contribution in [2.75, 3.05) is 0 Å². The molecule has 2 heterocycles. The summed E-state index contributed by atoms with van der Waals surface area (Å²) in [6.45, 7) is 5.84. The van der Waals surface area contributed by atoms with Gasteiger partial charge in [0.1, 0.15) is 5.01 Å². The van der Waals surface area contributed by atoms with E-state index in [4.69, 9.17) is 0 Å². The van der Waals surface area contributed by atoms with Gasteiger partial charge in [-0.2, -0.15) is 0 Å². The van der Waals surface area contributed by atoms with Gasteiger partial charge in [0.2, 0.25) is 5.78 Å². The molecule has 2 aromatic heterocycles. The molecule has 0 saturated heterocycles. The van der Waals surface area contributed by atoms with Crippen molar-refractivity contribution in [2.24, 2.45) is 0 Å². The van der Waals surface area contributed by atoms with Crippen LogP contribution in [0, 0.1) is 20.8 Å². The molecular weight excluding hydrogens is 234 g/mol. The van der Waals surface area contributed by atoms with Crippen LogP contribution < -0.4 is 0 Å². The maximum atomic E-state index is 11.9. The summed E-state index contributed by atoms with van der Waals surface area (Å²) in [5.41, 5.74) is 1.94. The summed E-state index contributed by atoms with van der Waals surface area (Å²) in [4.78, 5) is 25.4. The highest BCUT2D eigenvalue weighted by Crippen LogP contribution is 2.17. The number of rotatable bonds is 3. The first kappa shape index (κ1) is 11.9. The normalized spacial score (nSPS) is 10.5. The molecule has 0 spiro atoms. The van der Waals surface area contributed by atoms with Gasteiger partial charge in [0.15, 0.2) is 5.82 Å². The van der Waals surface area contributed by atoms with Crippen LogP contribution in [0.4, 0.5) is 0 Å². The Morgan fingerprint density at radius 3 is 2.41 bits per heavy atom. The number of hydrogen-bond donors (Lipinski definition) is 0. The zero-order chi connectivity index (χ0) is 12.4. The number of aromatic nitrogens is 3. The number of nitrogens with zero attached hydrogens (tertiary/aromatic N) is 3. The Balaban J connectivity index is 2.14. The van der Waals surface area contributed by atoms with Gasteiger partial charge >= 0.3 is 0 Å². The molecule has 0 radical (unpaired) electrons. The Hall–Kier alpha value is -1.62. The summed E-state index contributed by atoms with van der Waals surface area (Å²) in [6, 6.07) is 0. The van der Waals surface area contributed by atoms with E-state index in [-0.39, 0.29) is 18.0 Å². The van der Waals surface area contributed by atoms with E-state index in [9.17, 15) is 4.79 Å². The molecule has 2 rings (SSSR count). The van der Waals surface area contributed by atoms with Gasteiger partial charge in [0.05, 0.1) is 12.1 Å². The van der Waals surface area contributed by atoms with Crippen molar-refractivity contribution in [1.82, 2.24) is 15.0 Å². The fraction of sp³-hybridized carbons (Fsp3) is 0.333. The Kier molecular flexibility index (Phi) is 3.28. The first-order valence-corrected chi connectivity index (χ1v) is 6.12. The van der Waals surface area contributed by atoms with Crippen molar-refractivity contribution in [3.05, 3.63) is 39.4 Å². The summed E-state index contributed by atoms with van der Waals surface area (Å²) in [7, 11) is 0. The number of Topliss-reactive ketones (excluding diaryl/α,β-unsaturated/α-hetero) is 1. The molecule has 88 valence electrons. The summed E-state index contributed by atoms with van der Waals surface area (Å²) in [5.74, 6) is 0.180. The van der Waals surface area contributed by atoms with Gasteiger partial charge in [-0.25, -0.2) is 15.0 Å². The number of ketones is 1. The second-order valence-electron chi connectivity index (χ2n) is 3.93. The molecule has 0 saturated carbocycles. The van der Waals surface area contributed by atoms with Crippen LogP contribution in [0.2, 0.25) is 0 Å².